The zero-order valence-electron chi connectivity index (χ0n) is 18.5. The smallest absolute Gasteiger partial charge is 0.261 e. The highest BCUT2D eigenvalue weighted by Gasteiger charge is 2.25. The Morgan fingerprint density at radius 3 is 2.29 bits per heavy atom. The molecule has 9 heteroatoms. The van der Waals surface area contributed by atoms with E-state index in [0.717, 1.165) is 6.21 Å². The van der Waals surface area contributed by atoms with Crippen LogP contribution in [0, 0.1) is 11.2 Å². The molecule has 0 fully saturated rings. The first-order valence-corrected chi connectivity index (χ1v) is 12.0. The zero-order valence-corrected chi connectivity index (χ0v) is 19.4. The van der Waals surface area contributed by atoms with E-state index in [4.69, 9.17) is 13.3 Å². The second kappa shape index (κ2) is 8.91. The van der Waals surface area contributed by atoms with Crippen LogP contribution in [0.1, 0.15) is 41.4 Å². The van der Waals surface area contributed by atoms with E-state index in [1.54, 1.807) is 41.0 Å². The lowest BCUT2D eigenvalue weighted by Gasteiger charge is -2.15. The van der Waals surface area contributed by atoms with Crippen LogP contribution < -0.4 is 4.72 Å². The van der Waals surface area contributed by atoms with Gasteiger partial charge in [0, 0.05) is 34.1 Å². The fourth-order valence-corrected chi connectivity index (χ4v) is 5.15. The fourth-order valence-electron chi connectivity index (χ4n) is 4.05. The first-order chi connectivity index (χ1) is 16.1. The van der Waals surface area contributed by atoms with Crippen molar-refractivity contribution in [1.82, 2.24) is 4.57 Å². The molecule has 0 spiro atoms. The normalized spacial score (nSPS) is 11.6. The molecular formula is C25H21BFN3O3S. The maximum absolute atomic E-state index is 13.6. The van der Waals surface area contributed by atoms with Crippen molar-refractivity contribution in [2.24, 2.45) is 0 Å². The Balaban J connectivity index is 2.02. The Kier molecular flexibility index (Phi) is 6.14. The van der Waals surface area contributed by atoms with Gasteiger partial charge in [-0.25, -0.2) is 12.8 Å². The van der Waals surface area contributed by atoms with E-state index in [2.05, 4.69) is 4.72 Å². The summed E-state index contributed by atoms with van der Waals surface area (Å²) >= 11 is 0. The topological polar surface area (TPSA) is 92.0 Å². The lowest BCUT2D eigenvalue weighted by Crippen LogP contribution is -2.14. The van der Waals surface area contributed by atoms with Crippen LogP contribution in [-0.4, -0.2) is 32.7 Å². The van der Waals surface area contributed by atoms with Crippen LogP contribution >= 0.6 is 0 Å². The average Bonchev–Trinajstić information content (AvgIpc) is 3.14. The number of sulfonamides is 1. The fraction of sp³-hybridized carbons (Fsp3) is 0.120. The monoisotopic (exact) mass is 473 g/mol. The third kappa shape index (κ3) is 4.14. The molecule has 0 saturated heterocycles. The van der Waals surface area contributed by atoms with Crippen LogP contribution in [-0.2, 0) is 10.0 Å². The Morgan fingerprint density at radius 1 is 1.09 bits per heavy atom. The molecule has 4 rings (SSSR count). The number of halogens is 1. The second-order valence-electron chi connectivity index (χ2n) is 8.11. The first kappa shape index (κ1) is 23.4. The summed E-state index contributed by atoms with van der Waals surface area (Å²) in [5.74, 6) is -0.549. The van der Waals surface area contributed by atoms with Crippen molar-refractivity contribution in [3.8, 4) is 5.69 Å². The van der Waals surface area contributed by atoms with Crippen molar-refractivity contribution in [2.75, 3.05) is 4.72 Å². The molecule has 1 heterocycles. The minimum Gasteiger partial charge on any atom is -0.313 e. The van der Waals surface area contributed by atoms with Crippen molar-refractivity contribution >= 4 is 46.4 Å². The van der Waals surface area contributed by atoms with Crippen LogP contribution in [0.4, 0.5) is 10.1 Å². The van der Waals surface area contributed by atoms with Gasteiger partial charge in [-0.2, -0.15) is 0 Å². The maximum Gasteiger partial charge on any atom is 0.261 e. The molecule has 170 valence electrons. The van der Waals surface area contributed by atoms with E-state index < -0.39 is 21.5 Å². The van der Waals surface area contributed by atoms with Crippen molar-refractivity contribution < 1.29 is 17.6 Å². The van der Waals surface area contributed by atoms with E-state index >= 15 is 0 Å². The van der Waals surface area contributed by atoms with E-state index in [-0.39, 0.29) is 22.1 Å². The second-order valence-corrected chi connectivity index (χ2v) is 9.79. The number of carbonyl (C=O) groups is 1. The van der Waals surface area contributed by atoms with Gasteiger partial charge in [-0.15, -0.1) is 0 Å². The lowest BCUT2D eigenvalue weighted by atomic mass is 9.89. The van der Waals surface area contributed by atoms with Crippen LogP contribution in [0.3, 0.4) is 0 Å². The predicted molar refractivity (Wildman–Crippen MR) is 133 cm³/mol. The number of hydrogen-bond acceptors (Lipinski definition) is 4. The molecule has 0 unspecified atom stereocenters. The Labute approximate surface area is 198 Å². The molecule has 0 saturated carbocycles. The summed E-state index contributed by atoms with van der Waals surface area (Å²) in [6, 6.07) is 16.8. The van der Waals surface area contributed by atoms with E-state index in [9.17, 15) is 17.6 Å². The van der Waals surface area contributed by atoms with Crippen molar-refractivity contribution in [2.45, 2.75) is 24.7 Å². The van der Waals surface area contributed by atoms with Crippen LogP contribution in [0.5, 0.6) is 0 Å². The average molecular weight is 473 g/mol. The number of carbonyl (C=O) groups excluding carboxylic acids is 1. The molecular weight excluding hydrogens is 452 g/mol. The highest BCUT2D eigenvalue weighted by atomic mass is 32.2. The number of benzene rings is 3. The summed E-state index contributed by atoms with van der Waals surface area (Å²) in [5, 5.41) is 8.32. The van der Waals surface area contributed by atoms with Gasteiger partial charge in [-0.05, 0) is 54.4 Å². The third-order valence-electron chi connectivity index (χ3n) is 5.51. The molecule has 0 bridgehead atoms. The minimum atomic E-state index is -3.94. The van der Waals surface area contributed by atoms with Gasteiger partial charge in [-0.3, -0.25) is 4.72 Å². The first-order valence-electron chi connectivity index (χ1n) is 10.5. The molecule has 34 heavy (non-hydrogen) atoms. The van der Waals surface area contributed by atoms with Crippen molar-refractivity contribution in [1.29, 1.82) is 5.41 Å². The van der Waals surface area contributed by atoms with Gasteiger partial charge in [0.2, 0.25) is 0 Å². The minimum absolute atomic E-state index is 0.0629. The Bertz CT molecular complexity index is 1510. The Morgan fingerprint density at radius 2 is 1.74 bits per heavy atom. The van der Waals surface area contributed by atoms with Gasteiger partial charge in [0.15, 0.2) is 7.85 Å². The number of rotatable bonds is 7. The number of anilines is 1. The molecule has 0 aliphatic heterocycles. The van der Waals surface area contributed by atoms with E-state index in [0.29, 0.717) is 27.8 Å². The lowest BCUT2D eigenvalue weighted by molar-refractivity contribution is 0.108. The van der Waals surface area contributed by atoms with Crippen molar-refractivity contribution in [3.05, 3.63) is 89.4 Å². The highest BCUT2D eigenvalue weighted by Crippen LogP contribution is 2.37. The zero-order chi connectivity index (χ0) is 24.6. The Hall–Kier alpha value is -3.72. The van der Waals surface area contributed by atoms with Gasteiger partial charge in [0.05, 0.1) is 16.1 Å². The molecule has 4 aromatic rings. The number of nitrogens with one attached hydrogen (secondary N) is 2. The van der Waals surface area contributed by atoms with Gasteiger partial charge >= 0.3 is 0 Å². The molecule has 3 aromatic carbocycles. The summed E-state index contributed by atoms with van der Waals surface area (Å²) in [7, 11) is 1.83. The van der Waals surface area contributed by atoms with Crippen LogP contribution in [0.25, 0.3) is 16.6 Å². The van der Waals surface area contributed by atoms with Crippen LogP contribution in [0.15, 0.2) is 71.6 Å². The van der Waals surface area contributed by atoms with Gasteiger partial charge in [0.25, 0.3) is 10.0 Å². The highest BCUT2D eigenvalue weighted by molar-refractivity contribution is 7.92. The van der Waals surface area contributed by atoms with E-state index in [1.807, 2.05) is 13.8 Å². The molecule has 0 aliphatic rings. The quantitative estimate of drug-likeness (QED) is 0.292. The predicted octanol–water partition coefficient (Wildman–Crippen LogP) is 5.00. The molecule has 0 atom stereocenters. The maximum atomic E-state index is 13.6. The number of fused-ring (bicyclic) bond motifs is 1. The van der Waals surface area contributed by atoms with Crippen LogP contribution in [0.2, 0.25) is 0 Å². The molecule has 6 nitrogen and oxygen atoms in total. The van der Waals surface area contributed by atoms with Gasteiger partial charge in [0.1, 0.15) is 11.5 Å². The molecule has 0 aliphatic carbocycles. The van der Waals surface area contributed by atoms with Crippen molar-refractivity contribution in [3.63, 3.8) is 0 Å². The number of nitrogens with zero attached hydrogens (tertiary/aromatic N) is 1. The van der Waals surface area contributed by atoms with Gasteiger partial charge in [-0.1, -0.05) is 32.0 Å². The van der Waals surface area contributed by atoms with E-state index in [1.165, 1.54) is 30.3 Å². The molecule has 2 N–H and O–H groups in total. The molecule has 0 amide bonds. The summed E-state index contributed by atoms with van der Waals surface area (Å²) in [6.45, 7) is 3.80. The summed E-state index contributed by atoms with van der Waals surface area (Å²) in [6.07, 6.45) is 1.03. The summed E-state index contributed by atoms with van der Waals surface area (Å²) < 4.78 is 43.8. The number of aromatic nitrogens is 1. The standard InChI is InChI=1S/C25H21BFN3O3S/c1-15(2)24-23(25(26)31)20-13-21(29-34(32,33)19-6-4-3-5-7-19)16(14-28)12-22(20)30(24)18-10-8-17(27)9-11-18/h3-15,28-29H,1-2H3. The van der Waals surface area contributed by atoms with Gasteiger partial charge < -0.3 is 14.8 Å². The number of hydrogen-bond donors (Lipinski definition) is 2. The SMILES string of the molecule is [B]C(=O)c1c(C(C)C)n(-c2ccc(F)cc2)c2cc(C=N)c(NS(=O)(=O)c3ccccc3)cc12. The summed E-state index contributed by atoms with van der Waals surface area (Å²) in [5.41, 5.74) is 1.76. The molecule has 1 aromatic heterocycles. The third-order valence-corrected chi connectivity index (χ3v) is 6.89. The summed E-state index contributed by atoms with van der Waals surface area (Å²) in [4.78, 5) is 12.6. The largest absolute Gasteiger partial charge is 0.313 e. The molecule has 2 radical (unpaired) electrons.